The molecule has 1 heterocycles. The molecule has 0 radical (unpaired) electrons. The van der Waals surface area contributed by atoms with Gasteiger partial charge in [0, 0.05) is 27.2 Å². The summed E-state index contributed by atoms with van der Waals surface area (Å²) in [5.41, 5.74) is 0. The maximum absolute atomic E-state index is 9.36. The molecule has 21 heavy (non-hydrogen) atoms. The van der Waals surface area contributed by atoms with Gasteiger partial charge in [0.25, 0.3) is 0 Å². The van der Waals surface area contributed by atoms with Crippen LogP contribution in [0, 0.1) is 0 Å². The van der Waals surface area contributed by atoms with E-state index >= 15 is 0 Å². The van der Waals surface area contributed by atoms with E-state index in [4.69, 9.17) is 11.6 Å². The van der Waals surface area contributed by atoms with E-state index < -0.39 is 0 Å². The van der Waals surface area contributed by atoms with E-state index in [2.05, 4.69) is 9.97 Å². The van der Waals surface area contributed by atoms with Gasteiger partial charge in [-0.15, -0.1) is 0 Å². The van der Waals surface area contributed by atoms with Gasteiger partial charge in [0.2, 0.25) is 5.95 Å². The first kappa shape index (κ1) is 17.9. The number of aliphatic hydroxyl groups excluding tert-OH is 2. The molecule has 6 nitrogen and oxygen atoms in total. The van der Waals surface area contributed by atoms with Crippen LogP contribution in [0.4, 0.5) is 11.8 Å². The molecule has 7 heteroatoms. The largest absolute Gasteiger partial charge is 0.393 e. The number of rotatable bonds is 8. The quantitative estimate of drug-likeness (QED) is 0.758. The van der Waals surface area contributed by atoms with Gasteiger partial charge in [0.05, 0.1) is 18.4 Å². The van der Waals surface area contributed by atoms with Crippen LogP contribution in [0.1, 0.15) is 26.7 Å². The number of anilines is 2. The zero-order valence-electron chi connectivity index (χ0n) is 13.1. The van der Waals surface area contributed by atoms with Crippen LogP contribution in [0.5, 0.6) is 0 Å². The van der Waals surface area contributed by atoms with Crippen molar-refractivity contribution in [3.63, 3.8) is 0 Å². The van der Waals surface area contributed by atoms with Gasteiger partial charge in [-0.3, -0.25) is 0 Å². The summed E-state index contributed by atoms with van der Waals surface area (Å²) in [5.74, 6) is 1.21. The molecule has 0 aliphatic heterocycles. The fourth-order valence-electron chi connectivity index (χ4n) is 1.77. The molecular formula is C14H25ClN4O2. The third kappa shape index (κ3) is 6.03. The first-order chi connectivity index (χ1) is 9.81. The van der Waals surface area contributed by atoms with Crippen molar-refractivity contribution < 1.29 is 10.2 Å². The molecule has 0 aliphatic rings. The monoisotopic (exact) mass is 316 g/mol. The van der Waals surface area contributed by atoms with Crippen molar-refractivity contribution in [1.29, 1.82) is 0 Å². The van der Waals surface area contributed by atoms with Crippen LogP contribution in [0.25, 0.3) is 0 Å². The Kier molecular flexibility index (Phi) is 7.14. The Hall–Kier alpha value is -1.11. The highest BCUT2D eigenvalue weighted by molar-refractivity contribution is 6.32. The topological polar surface area (TPSA) is 72.7 Å². The van der Waals surface area contributed by atoms with Crippen LogP contribution >= 0.6 is 11.6 Å². The zero-order chi connectivity index (χ0) is 16.0. The van der Waals surface area contributed by atoms with Crippen LogP contribution in [-0.2, 0) is 0 Å². The van der Waals surface area contributed by atoms with Crippen molar-refractivity contribution in [2.75, 3.05) is 37.0 Å². The van der Waals surface area contributed by atoms with E-state index in [9.17, 15) is 10.2 Å². The average Bonchev–Trinajstić information content (AvgIpc) is 2.42. The number of hydrogen-bond acceptors (Lipinski definition) is 6. The van der Waals surface area contributed by atoms with Crippen molar-refractivity contribution >= 4 is 23.4 Å². The van der Waals surface area contributed by atoms with Crippen molar-refractivity contribution in [2.45, 2.75) is 38.9 Å². The third-order valence-corrected chi connectivity index (χ3v) is 3.45. The van der Waals surface area contributed by atoms with E-state index in [0.29, 0.717) is 42.7 Å². The summed E-state index contributed by atoms with van der Waals surface area (Å²) >= 11 is 6.15. The summed E-state index contributed by atoms with van der Waals surface area (Å²) < 4.78 is 0. The SMILES string of the molecule is CC(O)CCN(C)c1ncc(Cl)c(N(C)CCC(C)O)n1. The van der Waals surface area contributed by atoms with E-state index in [0.717, 1.165) is 0 Å². The van der Waals surface area contributed by atoms with Crippen molar-refractivity contribution in [1.82, 2.24) is 9.97 Å². The first-order valence-electron chi connectivity index (χ1n) is 7.12. The number of nitrogens with zero attached hydrogens (tertiary/aromatic N) is 4. The summed E-state index contributed by atoms with van der Waals surface area (Å²) in [6.45, 7) is 4.83. The molecule has 0 aromatic carbocycles. The lowest BCUT2D eigenvalue weighted by Crippen LogP contribution is -2.26. The van der Waals surface area contributed by atoms with Gasteiger partial charge in [-0.25, -0.2) is 4.98 Å². The molecule has 2 unspecified atom stereocenters. The molecule has 0 bridgehead atoms. The molecule has 0 aliphatic carbocycles. The van der Waals surface area contributed by atoms with Gasteiger partial charge < -0.3 is 20.0 Å². The molecule has 0 amide bonds. The summed E-state index contributed by atoms with van der Waals surface area (Å²) in [4.78, 5) is 12.5. The number of aliphatic hydroxyl groups is 2. The predicted molar refractivity (Wildman–Crippen MR) is 86.2 cm³/mol. The first-order valence-corrected chi connectivity index (χ1v) is 7.50. The van der Waals surface area contributed by atoms with Gasteiger partial charge in [-0.1, -0.05) is 11.6 Å². The van der Waals surface area contributed by atoms with Crippen LogP contribution in [0.3, 0.4) is 0 Å². The Labute approximate surface area is 131 Å². The molecule has 1 rings (SSSR count). The Morgan fingerprint density at radius 1 is 1.10 bits per heavy atom. The molecule has 0 spiro atoms. The zero-order valence-corrected chi connectivity index (χ0v) is 13.9. The van der Waals surface area contributed by atoms with Crippen LogP contribution in [0.2, 0.25) is 5.02 Å². The second-order valence-corrected chi connectivity index (χ2v) is 5.87. The van der Waals surface area contributed by atoms with E-state index in [1.165, 1.54) is 0 Å². The third-order valence-electron chi connectivity index (χ3n) is 3.18. The predicted octanol–water partition coefficient (Wildman–Crippen LogP) is 1.54. The maximum Gasteiger partial charge on any atom is 0.227 e. The Morgan fingerprint density at radius 2 is 1.62 bits per heavy atom. The van der Waals surface area contributed by atoms with Gasteiger partial charge in [0.15, 0.2) is 5.82 Å². The number of hydrogen-bond donors (Lipinski definition) is 2. The average molecular weight is 317 g/mol. The highest BCUT2D eigenvalue weighted by Gasteiger charge is 2.13. The Bertz CT molecular complexity index is 443. The molecule has 0 fully saturated rings. The normalized spacial score (nSPS) is 13.9. The molecule has 0 saturated heterocycles. The molecule has 1 aromatic rings. The van der Waals surface area contributed by atoms with Gasteiger partial charge in [-0.2, -0.15) is 4.98 Å². The molecule has 2 atom stereocenters. The summed E-state index contributed by atoms with van der Waals surface area (Å²) in [6, 6.07) is 0. The van der Waals surface area contributed by atoms with Gasteiger partial charge in [-0.05, 0) is 26.7 Å². The van der Waals surface area contributed by atoms with Gasteiger partial charge in [0.1, 0.15) is 5.02 Å². The minimum atomic E-state index is -0.360. The number of halogens is 1. The second kappa shape index (κ2) is 8.36. The highest BCUT2D eigenvalue weighted by atomic mass is 35.5. The standard InChI is InChI=1S/C14H25ClN4O2/c1-10(20)5-7-18(3)13-12(15)9-16-14(17-13)19(4)8-6-11(2)21/h9-11,20-21H,5-8H2,1-4H3. The van der Waals surface area contributed by atoms with E-state index in [-0.39, 0.29) is 12.2 Å². The molecular weight excluding hydrogens is 292 g/mol. The lowest BCUT2D eigenvalue weighted by atomic mass is 10.3. The molecule has 1 aromatic heterocycles. The minimum absolute atomic E-state index is 0.354. The second-order valence-electron chi connectivity index (χ2n) is 5.46. The number of aromatic nitrogens is 2. The van der Waals surface area contributed by atoms with Crippen molar-refractivity contribution in [3.8, 4) is 0 Å². The van der Waals surface area contributed by atoms with Crippen molar-refractivity contribution in [3.05, 3.63) is 11.2 Å². The lowest BCUT2D eigenvalue weighted by molar-refractivity contribution is 0.186. The summed E-state index contributed by atoms with van der Waals surface area (Å²) in [6.07, 6.45) is 2.16. The lowest BCUT2D eigenvalue weighted by Gasteiger charge is -2.23. The minimum Gasteiger partial charge on any atom is -0.393 e. The molecule has 120 valence electrons. The summed E-state index contributed by atoms with van der Waals surface area (Å²) in [7, 11) is 3.77. The van der Waals surface area contributed by atoms with Crippen molar-refractivity contribution in [2.24, 2.45) is 0 Å². The van der Waals surface area contributed by atoms with E-state index in [1.807, 2.05) is 23.9 Å². The smallest absolute Gasteiger partial charge is 0.227 e. The Morgan fingerprint density at radius 3 is 2.14 bits per heavy atom. The van der Waals surface area contributed by atoms with Crippen LogP contribution < -0.4 is 9.80 Å². The van der Waals surface area contributed by atoms with Gasteiger partial charge >= 0.3 is 0 Å². The molecule has 2 N–H and O–H groups in total. The Balaban J connectivity index is 2.78. The maximum atomic E-state index is 9.36. The van der Waals surface area contributed by atoms with Crippen LogP contribution in [0.15, 0.2) is 6.20 Å². The van der Waals surface area contributed by atoms with E-state index in [1.54, 1.807) is 20.0 Å². The van der Waals surface area contributed by atoms with Crippen LogP contribution in [-0.4, -0.2) is 59.6 Å². The fraction of sp³-hybridized carbons (Fsp3) is 0.714. The fourth-order valence-corrected chi connectivity index (χ4v) is 2.00. The highest BCUT2D eigenvalue weighted by Crippen LogP contribution is 2.24. The summed E-state index contributed by atoms with van der Waals surface area (Å²) in [5, 5.41) is 19.2. The molecule has 0 saturated carbocycles.